The zero-order valence-electron chi connectivity index (χ0n) is 17.0. The van der Waals surface area contributed by atoms with Gasteiger partial charge in [0.25, 0.3) is 10.0 Å². The van der Waals surface area contributed by atoms with Crippen LogP contribution in [0.25, 0.3) is 0 Å². The number of rotatable bonds is 6. The van der Waals surface area contributed by atoms with Crippen LogP contribution in [0.2, 0.25) is 0 Å². The molecule has 1 fully saturated rings. The number of quaternary nitrogens is 1. The lowest BCUT2D eigenvalue weighted by Gasteiger charge is -2.37. The fraction of sp³-hybridized carbons (Fsp3) is 0.400. The van der Waals surface area contributed by atoms with Crippen molar-refractivity contribution < 1.29 is 8.42 Å². The van der Waals surface area contributed by atoms with Gasteiger partial charge in [-0.2, -0.15) is 0 Å². The van der Waals surface area contributed by atoms with Crippen molar-refractivity contribution in [1.29, 1.82) is 0 Å². The summed E-state index contributed by atoms with van der Waals surface area (Å²) in [5, 5.41) is 0. The topological polar surface area (TPSA) is 52.7 Å². The zero-order chi connectivity index (χ0) is 21.2. The number of sulfonamides is 1. The molecule has 2 aromatic carbocycles. The number of piperazine rings is 1. The van der Waals surface area contributed by atoms with Crippen LogP contribution in [0.3, 0.4) is 0 Å². The second-order valence-corrected chi connectivity index (χ2v) is 11.1. The van der Waals surface area contributed by atoms with Crippen molar-refractivity contribution in [3.63, 3.8) is 0 Å². The van der Waals surface area contributed by atoms with Crippen molar-refractivity contribution in [1.82, 2.24) is 9.38 Å². The molecule has 0 aliphatic carbocycles. The number of hydrogen-bond acceptors (Lipinski definition) is 6. The molecule has 0 spiro atoms. The molecule has 3 rings (SSSR count). The number of hydrogen-bond donors (Lipinski definition) is 3. The lowest BCUT2D eigenvalue weighted by atomic mass is 10.2. The van der Waals surface area contributed by atoms with Gasteiger partial charge in [-0.05, 0) is 36.4 Å². The van der Waals surface area contributed by atoms with Gasteiger partial charge in [0.2, 0.25) is 0 Å². The van der Waals surface area contributed by atoms with Gasteiger partial charge >= 0.3 is 0 Å². The zero-order valence-corrected chi connectivity index (χ0v) is 19.6. The molecule has 2 aromatic rings. The first-order valence-corrected chi connectivity index (χ1v) is 12.0. The molecule has 9 heteroatoms. The van der Waals surface area contributed by atoms with Gasteiger partial charge in [-0.25, -0.2) is 8.42 Å². The Morgan fingerprint density at radius 2 is 1.45 bits per heavy atom. The molecule has 0 unspecified atom stereocenters. The van der Waals surface area contributed by atoms with Gasteiger partial charge in [-0.3, -0.25) is 14.1 Å². The number of benzene rings is 2. The molecule has 0 radical (unpaired) electrons. The minimum atomic E-state index is -3.63. The second-order valence-electron chi connectivity index (χ2n) is 8.03. The average molecular weight is 454 g/mol. The van der Waals surface area contributed by atoms with E-state index in [1.807, 2.05) is 24.3 Å². The summed E-state index contributed by atoms with van der Waals surface area (Å²) in [6.07, 6.45) is 0. The molecular formula is C20H29N4O2S3+. The summed E-state index contributed by atoms with van der Waals surface area (Å²) < 4.78 is 28.8. The Labute approximate surface area is 185 Å². The molecule has 1 aliphatic rings. The van der Waals surface area contributed by atoms with Gasteiger partial charge < -0.3 is 4.90 Å². The van der Waals surface area contributed by atoms with Gasteiger partial charge in [0, 0.05) is 49.7 Å². The van der Waals surface area contributed by atoms with Gasteiger partial charge in [-0.1, -0.05) is 0 Å². The predicted molar refractivity (Wildman–Crippen MR) is 129 cm³/mol. The molecule has 0 aromatic heterocycles. The van der Waals surface area contributed by atoms with E-state index in [0.717, 1.165) is 37.6 Å². The number of thiol groups is 2. The first-order valence-electron chi connectivity index (χ1n) is 9.46. The summed E-state index contributed by atoms with van der Waals surface area (Å²) in [6, 6.07) is 14.5. The third kappa shape index (κ3) is 5.61. The fourth-order valence-electron chi connectivity index (χ4n) is 3.24. The minimum absolute atomic E-state index is 0.0489. The Hall–Kier alpha value is -1.39. The van der Waals surface area contributed by atoms with Gasteiger partial charge in [0.1, 0.15) is 5.69 Å². The third-order valence-electron chi connectivity index (χ3n) is 5.05. The second kappa shape index (κ2) is 8.77. The number of nitrogens with zero attached hydrogens (tertiary/aromatic N) is 3. The maximum Gasteiger partial charge on any atom is 0.261 e. The highest BCUT2D eigenvalue weighted by molar-refractivity contribution is 7.99. The summed E-state index contributed by atoms with van der Waals surface area (Å²) in [4.78, 5) is 4.68. The van der Waals surface area contributed by atoms with E-state index in [1.54, 1.807) is 24.3 Å². The van der Waals surface area contributed by atoms with E-state index < -0.39 is 10.0 Å². The summed E-state index contributed by atoms with van der Waals surface area (Å²) in [5.74, 6) is 0. The van der Waals surface area contributed by atoms with E-state index >= 15 is 0 Å². The average Bonchev–Trinajstić information content (AvgIpc) is 2.67. The van der Waals surface area contributed by atoms with E-state index in [-0.39, 0.29) is 9.60 Å². The molecule has 0 amide bonds. The van der Waals surface area contributed by atoms with Crippen LogP contribution < -0.4 is 14.1 Å². The molecule has 1 N–H and O–H groups in total. The van der Waals surface area contributed by atoms with Gasteiger partial charge in [-0.15, -0.1) is 25.3 Å². The van der Waals surface area contributed by atoms with Crippen molar-refractivity contribution in [3.05, 3.63) is 48.5 Å². The predicted octanol–water partition coefficient (Wildman–Crippen LogP) is 2.95. The Morgan fingerprint density at radius 1 is 0.897 bits per heavy atom. The molecule has 0 saturated carbocycles. The Kier molecular flexibility index (Phi) is 6.74. The minimum Gasteiger partial charge on any atom is -0.369 e. The largest absolute Gasteiger partial charge is 0.369 e. The quantitative estimate of drug-likeness (QED) is 0.358. The van der Waals surface area contributed by atoms with Gasteiger partial charge in [0.05, 0.1) is 30.7 Å². The van der Waals surface area contributed by atoms with Crippen LogP contribution in [0.15, 0.2) is 53.4 Å². The van der Waals surface area contributed by atoms with Crippen LogP contribution in [0, 0.1) is 0 Å². The smallest absolute Gasteiger partial charge is 0.261 e. The van der Waals surface area contributed by atoms with Crippen molar-refractivity contribution in [3.8, 4) is 0 Å². The van der Waals surface area contributed by atoms with Crippen molar-refractivity contribution in [2.45, 2.75) is 9.60 Å². The molecule has 0 atom stereocenters. The number of nitrogens with one attached hydrogen (secondary N) is 1. The molecule has 6 nitrogen and oxygen atoms in total. The lowest BCUT2D eigenvalue weighted by molar-refractivity contribution is 0.287. The van der Waals surface area contributed by atoms with E-state index in [2.05, 4.69) is 60.9 Å². The lowest BCUT2D eigenvalue weighted by Crippen LogP contribution is -2.47. The van der Waals surface area contributed by atoms with E-state index in [0.29, 0.717) is 10.2 Å². The van der Waals surface area contributed by atoms with Gasteiger partial charge in [0.15, 0.2) is 0 Å². The van der Waals surface area contributed by atoms with E-state index in [4.69, 9.17) is 0 Å². The molecule has 158 valence electrons. The normalized spacial score (nSPS) is 16.3. The first-order chi connectivity index (χ1) is 13.6. The number of anilines is 2. The highest BCUT2D eigenvalue weighted by atomic mass is 32.2. The maximum absolute atomic E-state index is 12.7. The SMILES string of the molecule is C[N+](C)(C)c1ccc(NS(=O)(=O)c2ccc(N3CCN(C(S)S)CC3)cc2)cc1. The molecular weight excluding hydrogens is 424 g/mol. The third-order valence-corrected chi connectivity index (χ3v) is 7.10. The highest BCUT2D eigenvalue weighted by Gasteiger charge is 2.21. The van der Waals surface area contributed by atoms with E-state index in [9.17, 15) is 8.42 Å². The molecule has 1 heterocycles. The summed E-state index contributed by atoms with van der Waals surface area (Å²) in [6.45, 7) is 3.48. The standard InChI is InChI=1S/C20H28N4O2S3/c1-24(2,3)18-8-4-16(5-9-18)21-29(25,26)19-10-6-17(7-11-19)22-12-14-23(15-13-22)20(27)28/h4-11,20-21H,12-15H2,1-3H3,(H-,27,28)/p+1. The highest BCUT2D eigenvalue weighted by Crippen LogP contribution is 2.24. The van der Waals surface area contributed by atoms with Crippen molar-refractivity contribution in [2.75, 3.05) is 56.9 Å². The summed E-state index contributed by atoms with van der Waals surface area (Å²) in [7, 11) is 2.56. The fourth-order valence-corrected chi connectivity index (χ4v) is 4.76. The molecule has 1 aliphatic heterocycles. The van der Waals surface area contributed by atoms with Crippen LogP contribution >= 0.6 is 25.3 Å². The first kappa shape index (κ1) is 22.3. The molecule has 1 saturated heterocycles. The van der Waals surface area contributed by atoms with Crippen molar-refractivity contribution >= 4 is 52.3 Å². The summed E-state index contributed by atoms with van der Waals surface area (Å²) >= 11 is 8.72. The van der Waals surface area contributed by atoms with Crippen LogP contribution in [-0.2, 0) is 10.0 Å². The summed E-state index contributed by atoms with van der Waals surface area (Å²) in [5.41, 5.74) is 2.67. The van der Waals surface area contributed by atoms with Crippen LogP contribution in [0.1, 0.15) is 0 Å². The Balaban J connectivity index is 1.67. The van der Waals surface area contributed by atoms with Crippen LogP contribution in [0.4, 0.5) is 17.1 Å². The molecule has 0 bridgehead atoms. The van der Waals surface area contributed by atoms with Crippen LogP contribution in [0.5, 0.6) is 0 Å². The monoisotopic (exact) mass is 453 g/mol. The Bertz CT molecular complexity index is 916. The maximum atomic E-state index is 12.7. The molecule has 29 heavy (non-hydrogen) atoms. The van der Waals surface area contributed by atoms with Crippen molar-refractivity contribution in [2.24, 2.45) is 0 Å². The van der Waals surface area contributed by atoms with E-state index in [1.165, 1.54) is 0 Å². The Morgan fingerprint density at radius 3 is 1.93 bits per heavy atom. The van der Waals surface area contributed by atoms with Crippen LogP contribution in [-0.4, -0.2) is 65.3 Å².